The second kappa shape index (κ2) is 5.97. The summed E-state index contributed by atoms with van der Waals surface area (Å²) in [4.78, 5) is 9.06. The Hall–Kier alpha value is -0.690. The van der Waals surface area contributed by atoms with Crippen LogP contribution in [0.25, 0.3) is 0 Å². The van der Waals surface area contributed by atoms with E-state index in [-0.39, 0.29) is 0 Å². The van der Waals surface area contributed by atoms with Gasteiger partial charge in [0, 0.05) is 17.9 Å². The van der Waals surface area contributed by atoms with Crippen molar-refractivity contribution in [2.75, 3.05) is 12.4 Å². The van der Waals surface area contributed by atoms with Crippen LogP contribution in [0.1, 0.15) is 17.1 Å². The SMILES string of the molecule is CNc1nc(Cc2cccc(Br)c2)nc(C)c1I. The Morgan fingerprint density at radius 3 is 2.78 bits per heavy atom. The van der Waals surface area contributed by atoms with Crippen molar-refractivity contribution in [3.8, 4) is 0 Å². The zero-order valence-corrected chi connectivity index (χ0v) is 13.9. The molecule has 18 heavy (non-hydrogen) atoms. The second-order valence-electron chi connectivity index (χ2n) is 3.94. The fraction of sp³-hybridized carbons (Fsp3) is 0.231. The maximum Gasteiger partial charge on any atom is 0.143 e. The third kappa shape index (κ3) is 3.20. The molecule has 3 nitrogen and oxygen atoms in total. The summed E-state index contributed by atoms with van der Waals surface area (Å²) in [5.41, 5.74) is 2.21. The number of halogens is 2. The number of aromatic nitrogens is 2. The van der Waals surface area contributed by atoms with E-state index in [4.69, 9.17) is 0 Å². The Morgan fingerprint density at radius 2 is 2.11 bits per heavy atom. The first kappa shape index (κ1) is 13.7. The Labute approximate surface area is 129 Å². The first-order chi connectivity index (χ1) is 8.60. The maximum atomic E-state index is 4.53. The van der Waals surface area contributed by atoms with Crippen LogP contribution in [-0.2, 0) is 6.42 Å². The van der Waals surface area contributed by atoms with Crippen molar-refractivity contribution in [1.82, 2.24) is 9.97 Å². The summed E-state index contributed by atoms with van der Waals surface area (Å²) in [6.07, 6.45) is 0.742. The van der Waals surface area contributed by atoms with Gasteiger partial charge in [0.25, 0.3) is 0 Å². The highest BCUT2D eigenvalue weighted by Gasteiger charge is 2.08. The average molecular weight is 418 g/mol. The molecule has 0 bridgehead atoms. The zero-order valence-electron chi connectivity index (χ0n) is 10.2. The van der Waals surface area contributed by atoms with Gasteiger partial charge in [-0.05, 0) is 47.2 Å². The van der Waals surface area contributed by atoms with Crippen LogP contribution in [0.5, 0.6) is 0 Å². The third-order valence-electron chi connectivity index (χ3n) is 2.55. The summed E-state index contributed by atoms with van der Waals surface area (Å²) in [7, 11) is 1.88. The van der Waals surface area contributed by atoms with Crippen molar-refractivity contribution in [2.45, 2.75) is 13.3 Å². The molecule has 0 radical (unpaired) electrons. The molecule has 1 aromatic carbocycles. The molecule has 1 aromatic heterocycles. The maximum absolute atomic E-state index is 4.53. The van der Waals surface area contributed by atoms with Gasteiger partial charge in [-0.1, -0.05) is 28.1 Å². The highest BCUT2D eigenvalue weighted by molar-refractivity contribution is 14.1. The largest absolute Gasteiger partial charge is 0.372 e. The number of hydrogen-bond acceptors (Lipinski definition) is 3. The lowest BCUT2D eigenvalue weighted by atomic mass is 10.1. The number of anilines is 1. The molecule has 94 valence electrons. The molecule has 2 rings (SSSR count). The quantitative estimate of drug-likeness (QED) is 0.772. The topological polar surface area (TPSA) is 37.8 Å². The van der Waals surface area contributed by atoms with Gasteiger partial charge in [-0.3, -0.25) is 0 Å². The van der Waals surface area contributed by atoms with Crippen LogP contribution in [-0.4, -0.2) is 17.0 Å². The lowest BCUT2D eigenvalue weighted by molar-refractivity contribution is 0.935. The molecule has 0 aliphatic rings. The molecule has 0 fully saturated rings. The van der Waals surface area contributed by atoms with Crippen LogP contribution in [0, 0.1) is 10.5 Å². The molecule has 0 spiro atoms. The summed E-state index contributed by atoms with van der Waals surface area (Å²) in [6.45, 7) is 2.01. The van der Waals surface area contributed by atoms with Crippen molar-refractivity contribution in [2.24, 2.45) is 0 Å². The van der Waals surface area contributed by atoms with E-state index in [2.05, 4.69) is 65.9 Å². The minimum atomic E-state index is 0.742. The Balaban J connectivity index is 2.32. The molecule has 1 heterocycles. The fourth-order valence-corrected chi connectivity index (χ4v) is 2.65. The van der Waals surface area contributed by atoms with Crippen molar-refractivity contribution in [3.05, 3.63) is 49.4 Å². The van der Waals surface area contributed by atoms with Gasteiger partial charge < -0.3 is 5.32 Å². The van der Waals surface area contributed by atoms with Gasteiger partial charge in [-0.2, -0.15) is 0 Å². The molecule has 0 unspecified atom stereocenters. The number of nitrogens with one attached hydrogen (secondary N) is 1. The van der Waals surface area contributed by atoms with Crippen LogP contribution < -0.4 is 5.32 Å². The first-order valence-electron chi connectivity index (χ1n) is 5.55. The van der Waals surface area contributed by atoms with Crippen LogP contribution in [0.15, 0.2) is 28.7 Å². The number of rotatable bonds is 3. The third-order valence-corrected chi connectivity index (χ3v) is 4.34. The average Bonchev–Trinajstić information content (AvgIpc) is 2.33. The van der Waals surface area contributed by atoms with Gasteiger partial charge >= 0.3 is 0 Å². The molecule has 0 aliphatic carbocycles. The van der Waals surface area contributed by atoms with Gasteiger partial charge in [0.05, 0.1) is 9.26 Å². The van der Waals surface area contributed by atoms with E-state index in [1.807, 2.05) is 26.1 Å². The Kier molecular flexibility index (Phi) is 4.55. The van der Waals surface area contributed by atoms with Gasteiger partial charge in [0.1, 0.15) is 11.6 Å². The van der Waals surface area contributed by atoms with Crippen LogP contribution in [0.4, 0.5) is 5.82 Å². The second-order valence-corrected chi connectivity index (χ2v) is 5.94. The zero-order chi connectivity index (χ0) is 13.1. The summed E-state index contributed by atoms with van der Waals surface area (Å²) >= 11 is 5.74. The fourth-order valence-electron chi connectivity index (χ4n) is 1.69. The van der Waals surface area contributed by atoms with Crippen molar-refractivity contribution < 1.29 is 0 Å². The molecule has 0 saturated carbocycles. The van der Waals surface area contributed by atoms with Crippen LogP contribution in [0.2, 0.25) is 0 Å². The first-order valence-corrected chi connectivity index (χ1v) is 7.42. The summed E-state index contributed by atoms with van der Waals surface area (Å²) in [5.74, 6) is 1.74. The van der Waals surface area contributed by atoms with E-state index < -0.39 is 0 Å². The van der Waals surface area contributed by atoms with Gasteiger partial charge in [0.2, 0.25) is 0 Å². The highest BCUT2D eigenvalue weighted by atomic mass is 127. The predicted molar refractivity (Wildman–Crippen MR) is 86.0 cm³/mol. The van der Waals surface area contributed by atoms with E-state index in [9.17, 15) is 0 Å². The van der Waals surface area contributed by atoms with Gasteiger partial charge in [-0.15, -0.1) is 0 Å². The smallest absolute Gasteiger partial charge is 0.143 e. The monoisotopic (exact) mass is 417 g/mol. The molecule has 5 heteroatoms. The molecule has 0 saturated heterocycles. The highest BCUT2D eigenvalue weighted by Crippen LogP contribution is 2.20. The van der Waals surface area contributed by atoms with Crippen molar-refractivity contribution >= 4 is 44.3 Å². The van der Waals surface area contributed by atoms with Gasteiger partial charge in [0.15, 0.2) is 0 Å². The number of hydrogen-bond donors (Lipinski definition) is 1. The number of benzene rings is 1. The molecular weight excluding hydrogens is 405 g/mol. The molecule has 0 aliphatic heterocycles. The van der Waals surface area contributed by atoms with Crippen LogP contribution in [0.3, 0.4) is 0 Å². The summed E-state index contributed by atoms with van der Waals surface area (Å²) < 4.78 is 2.16. The van der Waals surface area contributed by atoms with Crippen molar-refractivity contribution in [3.63, 3.8) is 0 Å². The van der Waals surface area contributed by atoms with Gasteiger partial charge in [-0.25, -0.2) is 9.97 Å². The minimum absolute atomic E-state index is 0.742. The van der Waals surface area contributed by atoms with Crippen LogP contribution >= 0.6 is 38.5 Å². The van der Waals surface area contributed by atoms with E-state index in [1.54, 1.807) is 0 Å². The summed E-state index contributed by atoms with van der Waals surface area (Å²) in [6, 6.07) is 8.22. The number of aryl methyl sites for hydroxylation is 1. The normalized spacial score (nSPS) is 10.4. The van der Waals surface area contributed by atoms with E-state index >= 15 is 0 Å². The predicted octanol–water partition coefficient (Wildman–Crippen LogP) is 3.78. The van der Waals surface area contributed by atoms with Crippen molar-refractivity contribution in [1.29, 1.82) is 0 Å². The molecule has 2 aromatic rings. The molecule has 1 N–H and O–H groups in total. The standard InChI is InChI=1S/C13H13BrIN3/c1-8-12(15)13(16-2)18-11(17-8)7-9-4-3-5-10(14)6-9/h3-6H,7H2,1-2H3,(H,16,17,18). The minimum Gasteiger partial charge on any atom is -0.372 e. The molecule has 0 amide bonds. The van der Waals surface area contributed by atoms with E-state index in [0.29, 0.717) is 0 Å². The van der Waals surface area contributed by atoms with E-state index in [0.717, 1.165) is 31.8 Å². The number of nitrogens with zero attached hydrogens (tertiary/aromatic N) is 2. The Morgan fingerprint density at radius 1 is 1.33 bits per heavy atom. The van der Waals surface area contributed by atoms with E-state index in [1.165, 1.54) is 5.56 Å². The lowest BCUT2D eigenvalue weighted by Crippen LogP contribution is -2.06. The summed E-state index contributed by atoms with van der Waals surface area (Å²) in [5, 5.41) is 3.11. The molecular formula is C13H13BrIN3. The molecule has 0 atom stereocenters. The lowest BCUT2D eigenvalue weighted by Gasteiger charge is -2.08. The Bertz CT molecular complexity index is 572.